The minimum Gasteiger partial charge on any atom is -0.467 e. The van der Waals surface area contributed by atoms with Gasteiger partial charge in [-0.05, 0) is 76.9 Å². The van der Waals surface area contributed by atoms with Crippen molar-refractivity contribution in [3.8, 4) is 0 Å². The van der Waals surface area contributed by atoms with E-state index in [9.17, 15) is 4.79 Å². The van der Waals surface area contributed by atoms with Crippen LogP contribution in [0, 0.1) is 5.92 Å². The average molecular weight is 475 g/mol. The van der Waals surface area contributed by atoms with E-state index in [4.69, 9.17) is 4.42 Å². The topological polar surface area (TPSA) is 92.8 Å². The van der Waals surface area contributed by atoms with Gasteiger partial charge in [-0.3, -0.25) is 9.69 Å². The van der Waals surface area contributed by atoms with Crippen LogP contribution in [0.15, 0.2) is 51.9 Å². The molecule has 0 unspecified atom stereocenters. The Balaban J connectivity index is 1.53. The van der Waals surface area contributed by atoms with Crippen molar-refractivity contribution in [1.29, 1.82) is 0 Å². The summed E-state index contributed by atoms with van der Waals surface area (Å²) in [6, 6.07) is 12.5. The fourth-order valence-corrected chi connectivity index (χ4v) is 5.44. The lowest BCUT2D eigenvalue weighted by Gasteiger charge is -2.37. The fourth-order valence-electron chi connectivity index (χ4n) is 5.44. The SMILES string of the molecule is CCc1ccc2[nH]c(=O)c(CN(C3CCCC3)[C@@H](c3nnnn3Cc3ccco3)C(C)C)cc2c1. The standard InChI is InChI=1S/C27H34N6O2/c1-4-19-11-12-24-20(14-19)15-21(27(34)28-24)16-32(22-8-5-6-9-22)25(18(2)3)26-29-30-31-33(26)17-23-10-7-13-35-23/h7,10-15,18,22,25H,4-6,8-9,16-17H2,1-3H3,(H,28,34)/t25-/m1/s1. The van der Waals surface area contributed by atoms with Gasteiger partial charge >= 0.3 is 0 Å². The molecule has 3 aromatic heterocycles. The summed E-state index contributed by atoms with van der Waals surface area (Å²) in [6.45, 7) is 7.60. The molecule has 0 saturated heterocycles. The third kappa shape index (κ3) is 4.93. The largest absolute Gasteiger partial charge is 0.467 e. The van der Waals surface area contributed by atoms with Gasteiger partial charge in [0.2, 0.25) is 0 Å². The summed E-state index contributed by atoms with van der Waals surface area (Å²) in [7, 11) is 0. The number of H-pyrrole nitrogens is 1. The zero-order valence-electron chi connectivity index (χ0n) is 20.8. The van der Waals surface area contributed by atoms with Crippen LogP contribution in [0.2, 0.25) is 0 Å². The summed E-state index contributed by atoms with van der Waals surface area (Å²) in [5, 5.41) is 13.9. The molecule has 184 valence electrons. The first-order chi connectivity index (χ1) is 17.0. The lowest BCUT2D eigenvalue weighted by Crippen LogP contribution is -2.41. The minimum atomic E-state index is -0.0277. The lowest BCUT2D eigenvalue weighted by atomic mass is 9.97. The highest BCUT2D eigenvalue weighted by Crippen LogP contribution is 2.36. The molecule has 0 spiro atoms. The van der Waals surface area contributed by atoms with Crippen LogP contribution in [0.25, 0.3) is 10.9 Å². The molecule has 1 aliphatic rings. The van der Waals surface area contributed by atoms with Gasteiger partial charge in [0.25, 0.3) is 5.56 Å². The van der Waals surface area contributed by atoms with Crippen molar-refractivity contribution < 1.29 is 4.42 Å². The number of furan rings is 1. The molecule has 1 aliphatic carbocycles. The molecule has 35 heavy (non-hydrogen) atoms. The van der Waals surface area contributed by atoms with Crippen molar-refractivity contribution in [3.05, 3.63) is 75.7 Å². The van der Waals surface area contributed by atoms with Crippen LogP contribution >= 0.6 is 0 Å². The van der Waals surface area contributed by atoms with Gasteiger partial charge < -0.3 is 9.40 Å². The molecule has 0 radical (unpaired) electrons. The normalized spacial score (nSPS) is 15.6. The Kier molecular flexibility index (Phi) is 6.81. The summed E-state index contributed by atoms with van der Waals surface area (Å²) < 4.78 is 7.39. The van der Waals surface area contributed by atoms with E-state index in [-0.39, 0.29) is 17.5 Å². The first-order valence-corrected chi connectivity index (χ1v) is 12.7. The summed E-state index contributed by atoms with van der Waals surface area (Å²) in [6.07, 6.45) is 7.28. The van der Waals surface area contributed by atoms with Gasteiger partial charge in [-0.25, -0.2) is 4.68 Å². The zero-order chi connectivity index (χ0) is 24.4. The first-order valence-electron chi connectivity index (χ1n) is 12.7. The molecule has 4 aromatic rings. The number of fused-ring (bicyclic) bond motifs is 1. The van der Waals surface area contributed by atoms with Crippen molar-refractivity contribution in [1.82, 2.24) is 30.1 Å². The molecule has 5 rings (SSSR count). The number of tetrazole rings is 1. The number of pyridine rings is 1. The van der Waals surface area contributed by atoms with E-state index in [1.807, 2.05) is 22.9 Å². The van der Waals surface area contributed by atoms with Gasteiger partial charge in [0.15, 0.2) is 5.82 Å². The lowest BCUT2D eigenvalue weighted by molar-refractivity contribution is 0.0842. The number of nitrogens with one attached hydrogen (secondary N) is 1. The monoisotopic (exact) mass is 474 g/mol. The predicted molar refractivity (Wildman–Crippen MR) is 135 cm³/mol. The number of benzene rings is 1. The summed E-state index contributed by atoms with van der Waals surface area (Å²) in [5.41, 5.74) is 2.90. The molecule has 1 atom stereocenters. The maximum atomic E-state index is 13.2. The Bertz CT molecular complexity index is 1320. The second-order valence-electron chi connectivity index (χ2n) is 9.97. The number of aryl methyl sites for hydroxylation is 1. The Morgan fingerprint density at radius 1 is 1.20 bits per heavy atom. The van der Waals surface area contributed by atoms with Crippen LogP contribution < -0.4 is 5.56 Å². The van der Waals surface area contributed by atoms with Crippen molar-refractivity contribution in [2.45, 2.75) is 78.0 Å². The van der Waals surface area contributed by atoms with Crippen LogP contribution in [0.3, 0.4) is 0 Å². The van der Waals surface area contributed by atoms with Crippen molar-refractivity contribution in [2.24, 2.45) is 5.92 Å². The first kappa shape index (κ1) is 23.5. The van der Waals surface area contributed by atoms with E-state index < -0.39 is 0 Å². The minimum absolute atomic E-state index is 0.0255. The maximum absolute atomic E-state index is 13.2. The van der Waals surface area contributed by atoms with Crippen LogP contribution in [0.5, 0.6) is 0 Å². The average Bonchev–Trinajstić information content (AvgIpc) is 3.63. The van der Waals surface area contributed by atoms with Gasteiger partial charge in [-0.15, -0.1) is 5.10 Å². The van der Waals surface area contributed by atoms with Crippen molar-refractivity contribution in [3.63, 3.8) is 0 Å². The number of aromatic amines is 1. The van der Waals surface area contributed by atoms with Crippen LogP contribution in [0.4, 0.5) is 0 Å². The third-order valence-corrected chi connectivity index (χ3v) is 7.24. The molecule has 3 heterocycles. The third-order valence-electron chi connectivity index (χ3n) is 7.24. The number of hydrogen-bond donors (Lipinski definition) is 1. The predicted octanol–water partition coefficient (Wildman–Crippen LogP) is 4.86. The molecule has 1 saturated carbocycles. The highest BCUT2D eigenvalue weighted by Gasteiger charge is 2.35. The summed E-state index contributed by atoms with van der Waals surface area (Å²) in [4.78, 5) is 18.7. The molecule has 0 bridgehead atoms. The summed E-state index contributed by atoms with van der Waals surface area (Å²) >= 11 is 0. The number of hydrogen-bond acceptors (Lipinski definition) is 6. The van der Waals surface area contributed by atoms with E-state index in [0.717, 1.165) is 47.3 Å². The molecule has 1 aromatic carbocycles. The number of rotatable bonds is 9. The quantitative estimate of drug-likeness (QED) is 0.372. The molecule has 1 N–H and O–H groups in total. The highest BCUT2D eigenvalue weighted by molar-refractivity contribution is 5.79. The summed E-state index contributed by atoms with van der Waals surface area (Å²) in [5.74, 6) is 1.88. The molecule has 0 amide bonds. The molecule has 8 nitrogen and oxygen atoms in total. The van der Waals surface area contributed by atoms with Crippen LogP contribution in [-0.4, -0.2) is 36.1 Å². The van der Waals surface area contributed by atoms with E-state index in [1.165, 1.54) is 18.4 Å². The smallest absolute Gasteiger partial charge is 0.252 e. The van der Waals surface area contributed by atoms with E-state index >= 15 is 0 Å². The van der Waals surface area contributed by atoms with Gasteiger partial charge in [0, 0.05) is 23.7 Å². The van der Waals surface area contributed by atoms with Crippen LogP contribution in [-0.2, 0) is 19.5 Å². The van der Waals surface area contributed by atoms with Gasteiger partial charge in [-0.2, -0.15) is 0 Å². The highest BCUT2D eigenvalue weighted by atomic mass is 16.3. The molecular formula is C27H34N6O2. The van der Waals surface area contributed by atoms with E-state index in [1.54, 1.807) is 6.26 Å². The second kappa shape index (κ2) is 10.2. The Labute approximate surface area is 205 Å². The van der Waals surface area contributed by atoms with Crippen molar-refractivity contribution >= 4 is 10.9 Å². The molecular weight excluding hydrogens is 440 g/mol. The molecule has 1 fully saturated rings. The molecule has 8 heteroatoms. The number of nitrogens with zero attached hydrogens (tertiary/aromatic N) is 5. The van der Waals surface area contributed by atoms with E-state index in [0.29, 0.717) is 19.1 Å². The number of aromatic nitrogens is 5. The maximum Gasteiger partial charge on any atom is 0.252 e. The van der Waals surface area contributed by atoms with Gasteiger partial charge in [0.1, 0.15) is 12.3 Å². The fraction of sp³-hybridized carbons (Fsp3) is 0.481. The Hall–Kier alpha value is -3.26. The second-order valence-corrected chi connectivity index (χ2v) is 9.97. The van der Waals surface area contributed by atoms with Crippen LogP contribution in [0.1, 0.15) is 75.2 Å². The Morgan fingerprint density at radius 3 is 2.74 bits per heavy atom. The molecule has 0 aliphatic heterocycles. The van der Waals surface area contributed by atoms with Gasteiger partial charge in [-0.1, -0.05) is 39.7 Å². The van der Waals surface area contributed by atoms with E-state index in [2.05, 4.69) is 64.4 Å². The van der Waals surface area contributed by atoms with Gasteiger partial charge in [0.05, 0.1) is 12.3 Å². The zero-order valence-corrected chi connectivity index (χ0v) is 20.8. The Morgan fingerprint density at radius 2 is 2.03 bits per heavy atom. The van der Waals surface area contributed by atoms with Crippen molar-refractivity contribution in [2.75, 3.05) is 0 Å².